The molecule has 0 aliphatic carbocycles. The number of carboxylic acid groups (broad SMARTS) is 1. The Kier molecular flexibility index (Phi) is 5.00. The molecule has 1 saturated heterocycles. The molecule has 1 aromatic carbocycles. The fourth-order valence-corrected chi connectivity index (χ4v) is 3.03. The van der Waals surface area contributed by atoms with E-state index in [1.807, 2.05) is 6.07 Å². The van der Waals surface area contributed by atoms with Crippen LogP contribution >= 0.6 is 0 Å². The highest BCUT2D eigenvalue weighted by Crippen LogP contribution is 2.32. The molecule has 2 amide bonds. The van der Waals surface area contributed by atoms with Crippen molar-refractivity contribution in [2.24, 2.45) is 11.7 Å². The predicted molar refractivity (Wildman–Crippen MR) is 81.6 cm³/mol. The molecule has 1 aliphatic heterocycles. The number of hydrogen-bond donors (Lipinski definition) is 3. The van der Waals surface area contributed by atoms with Gasteiger partial charge in [0.05, 0.1) is 12.0 Å². The highest BCUT2D eigenvalue weighted by Gasteiger charge is 2.49. The van der Waals surface area contributed by atoms with E-state index in [1.54, 1.807) is 18.2 Å². The number of hydrogen-bond acceptors (Lipinski definition) is 4. The number of nitrogens with zero attached hydrogens (tertiary/aromatic N) is 1. The lowest BCUT2D eigenvalue weighted by Crippen LogP contribution is -2.65. The molecule has 3 atom stereocenters. The summed E-state index contributed by atoms with van der Waals surface area (Å²) in [6.45, 7) is 1.16. The van der Waals surface area contributed by atoms with E-state index in [-0.39, 0.29) is 18.5 Å². The molecule has 1 heterocycles. The lowest BCUT2D eigenvalue weighted by Gasteiger charge is -2.48. The molecule has 0 spiro atoms. The number of aliphatic hydroxyl groups is 1. The Bertz CT molecular complexity index is 629. The summed E-state index contributed by atoms with van der Waals surface area (Å²) in [5.74, 6) is -2.50. The van der Waals surface area contributed by atoms with Crippen molar-refractivity contribution in [3.8, 4) is 0 Å². The molecule has 0 bridgehead atoms. The quantitative estimate of drug-likeness (QED) is 0.611. The minimum absolute atomic E-state index is 0.323. The second-order valence-corrected chi connectivity index (χ2v) is 5.80. The van der Waals surface area contributed by atoms with Crippen LogP contribution in [0.3, 0.4) is 0 Å². The molecule has 0 saturated carbocycles. The monoisotopic (exact) mass is 320 g/mol. The molecule has 23 heavy (non-hydrogen) atoms. The summed E-state index contributed by atoms with van der Waals surface area (Å²) in [7, 11) is 0. The number of primary amides is 1. The summed E-state index contributed by atoms with van der Waals surface area (Å²) in [5, 5.41) is 18.6. The summed E-state index contributed by atoms with van der Waals surface area (Å²) in [6, 6.07) is 6.54. The van der Waals surface area contributed by atoms with E-state index >= 15 is 0 Å². The number of aliphatic carboxylic acids is 1. The molecule has 2 rings (SSSR count). The molecule has 0 aromatic heterocycles. The molecule has 7 nitrogen and oxygen atoms in total. The first kappa shape index (κ1) is 17.0. The van der Waals surface area contributed by atoms with E-state index in [9.17, 15) is 19.5 Å². The summed E-state index contributed by atoms with van der Waals surface area (Å²) < 4.78 is 0. The van der Waals surface area contributed by atoms with Crippen molar-refractivity contribution in [1.29, 1.82) is 0 Å². The number of nitrogens with two attached hydrogens (primary N) is 1. The number of carboxylic acids is 1. The van der Waals surface area contributed by atoms with Gasteiger partial charge < -0.3 is 20.8 Å². The molecule has 1 fully saturated rings. The van der Waals surface area contributed by atoms with Gasteiger partial charge in [0.2, 0.25) is 11.8 Å². The summed E-state index contributed by atoms with van der Waals surface area (Å²) in [6.07, 6.45) is 0.240. The van der Waals surface area contributed by atoms with Gasteiger partial charge in [-0.05, 0) is 37.5 Å². The highest BCUT2D eigenvalue weighted by atomic mass is 16.4. The Labute approximate surface area is 133 Å². The second kappa shape index (κ2) is 6.78. The number of carbonyl (C=O) groups excluding carboxylic acids is 2. The normalized spacial score (nSPS) is 21.7. The number of benzene rings is 1. The van der Waals surface area contributed by atoms with E-state index in [0.717, 1.165) is 5.56 Å². The zero-order valence-electron chi connectivity index (χ0n) is 12.8. The number of likely N-dealkylation sites (tertiary alicyclic amines) is 1. The van der Waals surface area contributed by atoms with Crippen LogP contribution in [-0.4, -0.2) is 51.6 Å². The van der Waals surface area contributed by atoms with Crippen LogP contribution in [0.15, 0.2) is 24.3 Å². The summed E-state index contributed by atoms with van der Waals surface area (Å²) in [4.78, 5) is 35.3. The van der Waals surface area contributed by atoms with Crippen LogP contribution in [0.25, 0.3) is 0 Å². The number of amides is 2. The third-order valence-corrected chi connectivity index (χ3v) is 4.15. The highest BCUT2D eigenvalue weighted by molar-refractivity contribution is 5.93. The molecule has 124 valence electrons. The molecule has 2 unspecified atom stereocenters. The Morgan fingerprint density at radius 2 is 2.09 bits per heavy atom. The SMILES string of the molecule is CC(O)[C@H]1C(=O)N(CC(=O)O)C1CCc1cccc(C(N)=O)c1. The lowest BCUT2D eigenvalue weighted by atomic mass is 9.80. The molecule has 7 heteroatoms. The topological polar surface area (TPSA) is 121 Å². The maximum absolute atomic E-state index is 11.9. The number of rotatable bonds is 7. The molecule has 1 aromatic rings. The van der Waals surface area contributed by atoms with Crippen molar-refractivity contribution < 1.29 is 24.6 Å². The third kappa shape index (κ3) is 3.68. The maximum atomic E-state index is 11.9. The number of carbonyl (C=O) groups is 3. The average Bonchev–Trinajstić information content (AvgIpc) is 2.48. The van der Waals surface area contributed by atoms with Crippen molar-refractivity contribution in [1.82, 2.24) is 4.90 Å². The van der Waals surface area contributed by atoms with E-state index in [2.05, 4.69) is 0 Å². The Morgan fingerprint density at radius 3 is 2.65 bits per heavy atom. The summed E-state index contributed by atoms with van der Waals surface area (Å²) in [5.41, 5.74) is 6.52. The number of β-lactam (4-membered cyclic amide) rings is 1. The number of aryl methyl sites for hydroxylation is 1. The van der Waals surface area contributed by atoms with Gasteiger partial charge in [0, 0.05) is 11.6 Å². The zero-order valence-corrected chi connectivity index (χ0v) is 12.8. The maximum Gasteiger partial charge on any atom is 0.323 e. The van der Waals surface area contributed by atoms with Gasteiger partial charge in [-0.1, -0.05) is 12.1 Å². The molecule has 4 N–H and O–H groups in total. The zero-order chi connectivity index (χ0) is 17.1. The van der Waals surface area contributed by atoms with Gasteiger partial charge in [-0.25, -0.2) is 0 Å². The predicted octanol–water partition coefficient (Wildman–Crippen LogP) is 0.0105. The first-order chi connectivity index (χ1) is 10.8. The first-order valence-corrected chi connectivity index (χ1v) is 7.40. The van der Waals surface area contributed by atoms with E-state index < -0.39 is 23.9 Å². The summed E-state index contributed by atoms with van der Waals surface area (Å²) >= 11 is 0. The van der Waals surface area contributed by atoms with Crippen LogP contribution in [0.4, 0.5) is 0 Å². The fraction of sp³-hybridized carbons (Fsp3) is 0.438. The second-order valence-electron chi connectivity index (χ2n) is 5.80. The van der Waals surface area contributed by atoms with E-state index in [4.69, 9.17) is 10.8 Å². The van der Waals surface area contributed by atoms with Gasteiger partial charge >= 0.3 is 5.97 Å². The van der Waals surface area contributed by atoms with Crippen molar-refractivity contribution in [2.45, 2.75) is 31.9 Å². The molecule has 1 aliphatic rings. The standard InChI is InChI=1S/C16H20N2O5/c1-9(19)14-12(18(16(14)23)8-13(20)21)6-5-10-3-2-4-11(7-10)15(17)22/h2-4,7,9,12,14,19H,5-6,8H2,1H3,(H2,17,22)(H,20,21)/t9?,12?,14-/m1/s1. The minimum Gasteiger partial charge on any atom is -0.480 e. The Morgan fingerprint density at radius 1 is 1.39 bits per heavy atom. The van der Waals surface area contributed by atoms with Crippen molar-refractivity contribution >= 4 is 17.8 Å². The van der Waals surface area contributed by atoms with Crippen LogP contribution in [0, 0.1) is 5.92 Å². The smallest absolute Gasteiger partial charge is 0.323 e. The molecular weight excluding hydrogens is 300 g/mol. The van der Waals surface area contributed by atoms with Gasteiger partial charge in [0.1, 0.15) is 6.54 Å². The van der Waals surface area contributed by atoms with Gasteiger partial charge in [0.15, 0.2) is 0 Å². The Hall–Kier alpha value is -2.41. The van der Waals surface area contributed by atoms with Gasteiger partial charge in [-0.15, -0.1) is 0 Å². The molecular formula is C16H20N2O5. The first-order valence-electron chi connectivity index (χ1n) is 7.40. The average molecular weight is 320 g/mol. The third-order valence-electron chi connectivity index (χ3n) is 4.15. The Balaban J connectivity index is 2.06. The van der Waals surface area contributed by atoms with Crippen molar-refractivity contribution in [2.75, 3.05) is 6.54 Å². The van der Waals surface area contributed by atoms with Crippen molar-refractivity contribution in [3.63, 3.8) is 0 Å². The lowest BCUT2D eigenvalue weighted by molar-refractivity contribution is -0.169. The number of aliphatic hydroxyl groups excluding tert-OH is 1. The molecule has 0 radical (unpaired) electrons. The van der Waals surface area contributed by atoms with E-state index in [0.29, 0.717) is 18.4 Å². The van der Waals surface area contributed by atoms with E-state index in [1.165, 1.54) is 11.8 Å². The van der Waals surface area contributed by atoms with Crippen LogP contribution in [0.5, 0.6) is 0 Å². The van der Waals surface area contributed by atoms with Crippen LogP contribution in [0.2, 0.25) is 0 Å². The van der Waals surface area contributed by atoms with Gasteiger partial charge in [-0.2, -0.15) is 0 Å². The fourth-order valence-electron chi connectivity index (χ4n) is 3.03. The minimum atomic E-state index is -1.08. The van der Waals surface area contributed by atoms with Crippen LogP contribution in [0.1, 0.15) is 29.3 Å². The van der Waals surface area contributed by atoms with Crippen LogP contribution in [-0.2, 0) is 16.0 Å². The van der Waals surface area contributed by atoms with Gasteiger partial charge in [-0.3, -0.25) is 14.4 Å². The largest absolute Gasteiger partial charge is 0.480 e. The van der Waals surface area contributed by atoms with Gasteiger partial charge in [0.25, 0.3) is 0 Å². The van der Waals surface area contributed by atoms with Crippen LogP contribution < -0.4 is 5.73 Å². The van der Waals surface area contributed by atoms with Crippen molar-refractivity contribution in [3.05, 3.63) is 35.4 Å².